The normalized spacial score (nSPS) is 24.5. The molecule has 1 aromatic heterocycles. The Hall–Kier alpha value is -0.640. The van der Waals surface area contributed by atoms with E-state index in [4.69, 9.17) is 0 Å². The Kier molecular flexibility index (Phi) is 2.71. The number of aromatic nitrogens is 2. The molecule has 15 heavy (non-hydrogen) atoms. The monoisotopic (exact) mass is 269 g/mol. The Labute approximate surface area is 99.0 Å². The quantitative estimate of drug-likeness (QED) is 0.734. The highest BCUT2D eigenvalue weighted by Crippen LogP contribution is 2.36. The van der Waals surface area contributed by atoms with Gasteiger partial charge in [0.1, 0.15) is 0 Å². The molecule has 82 valence electrons. The topological polar surface area (TPSA) is 29.0 Å². The van der Waals surface area contributed by atoms with Crippen molar-refractivity contribution in [3.05, 3.63) is 17.8 Å². The molecule has 1 saturated heterocycles. The van der Waals surface area contributed by atoms with E-state index in [1.807, 2.05) is 6.92 Å². The van der Waals surface area contributed by atoms with Gasteiger partial charge in [-0.25, -0.2) is 0 Å². The van der Waals surface area contributed by atoms with Crippen LogP contribution in [0.3, 0.4) is 0 Å². The molecule has 0 N–H and O–H groups in total. The average molecular weight is 270 g/mol. The van der Waals surface area contributed by atoms with Gasteiger partial charge in [-0.1, -0.05) is 29.8 Å². The summed E-state index contributed by atoms with van der Waals surface area (Å²) in [6.45, 7) is 8.63. The van der Waals surface area contributed by atoms with Crippen LogP contribution >= 0.6 is 15.9 Å². The maximum Gasteiger partial charge on any atom is 0.151 e. The summed E-state index contributed by atoms with van der Waals surface area (Å²) in [5.74, 6) is 0.991. The van der Waals surface area contributed by atoms with E-state index < -0.39 is 0 Å². The van der Waals surface area contributed by atoms with Crippen molar-refractivity contribution in [1.29, 1.82) is 0 Å². The first-order valence-corrected chi connectivity index (χ1v) is 6.09. The van der Waals surface area contributed by atoms with E-state index in [0.717, 1.165) is 24.5 Å². The van der Waals surface area contributed by atoms with Gasteiger partial charge in [-0.05, 0) is 24.0 Å². The molecule has 3 nitrogen and oxygen atoms in total. The van der Waals surface area contributed by atoms with Crippen LogP contribution in [0.15, 0.2) is 12.3 Å². The van der Waals surface area contributed by atoms with Crippen molar-refractivity contribution in [2.24, 2.45) is 5.41 Å². The molecule has 0 radical (unpaired) electrons. The number of hydrogen-bond acceptors (Lipinski definition) is 3. The summed E-state index contributed by atoms with van der Waals surface area (Å²) in [4.78, 5) is 2.81. The zero-order valence-corrected chi connectivity index (χ0v) is 11.0. The summed E-state index contributed by atoms with van der Waals surface area (Å²) >= 11 is 3.73. The minimum atomic E-state index is 0.297. The fourth-order valence-corrected chi connectivity index (χ4v) is 2.37. The minimum absolute atomic E-state index is 0.297. The van der Waals surface area contributed by atoms with Crippen molar-refractivity contribution in [3.63, 3.8) is 0 Å². The van der Waals surface area contributed by atoms with Crippen molar-refractivity contribution in [1.82, 2.24) is 10.2 Å². The fourth-order valence-electron chi connectivity index (χ4n) is 1.87. The SMILES string of the molecule is Cc1cnnc(N2CC(Br)C(C)(C)C2)c1. The number of anilines is 1. The number of aryl methyl sites for hydroxylation is 1. The molecule has 1 fully saturated rings. The average Bonchev–Trinajstić information content (AvgIpc) is 2.42. The van der Waals surface area contributed by atoms with Crippen molar-refractivity contribution in [2.45, 2.75) is 25.6 Å². The van der Waals surface area contributed by atoms with Crippen LogP contribution in [0.2, 0.25) is 0 Å². The van der Waals surface area contributed by atoms with Crippen LogP contribution in [0.4, 0.5) is 5.82 Å². The van der Waals surface area contributed by atoms with Crippen LogP contribution in [0.5, 0.6) is 0 Å². The van der Waals surface area contributed by atoms with Gasteiger partial charge < -0.3 is 4.90 Å². The highest BCUT2D eigenvalue weighted by molar-refractivity contribution is 9.09. The van der Waals surface area contributed by atoms with Gasteiger partial charge in [-0.15, -0.1) is 5.10 Å². The molecule has 0 spiro atoms. The first-order chi connectivity index (χ1) is 6.99. The molecule has 1 aliphatic heterocycles. The Morgan fingerprint density at radius 2 is 2.27 bits per heavy atom. The number of halogens is 1. The lowest BCUT2D eigenvalue weighted by molar-refractivity contribution is 0.434. The second-order valence-electron chi connectivity index (χ2n) is 4.93. The van der Waals surface area contributed by atoms with Crippen molar-refractivity contribution in [2.75, 3.05) is 18.0 Å². The van der Waals surface area contributed by atoms with Gasteiger partial charge in [0.25, 0.3) is 0 Å². The maximum absolute atomic E-state index is 4.18. The zero-order chi connectivity index (χ0) is 11.1. The molecular formula is C11H16BrN3. The van der Waals surface area contributed by atoms with E-state index in [2.05, 4.69) is 50.9 Å². The van der Waals surface area contributed by atoms with Crippen LogP contribution in [0, 0.1) is 12.3 Å². The number of alkyl halides is 1. The fraction of sp³-hybridized carbons (Fsp3) is 0.636. The Bertz CT molecular complexity index is 365. The van der Waals surface area contributed by atoms with E-state index in [0.29, 0.717) is 10.2 Å². The summed E-state index contributed by atoms with van der Waals surface area (Å²) in [7, 11) is 0. The summed E-state index contributed by atoms with van der Waals surface area (Å²) in [5.41, 5.74) is 1.46. The van der Waals surface area contributed by atoms with Crippen LogP contribution in [-0.2, 0) is 0 Å². The third-order valence-corrected chi connectivity index (χ3v) is 4.46. The predicted molar refractivity (Wildman–Crippen MR) is 65.5 cm³/mol. The Morgan fingerprint density at radius 3 is 2.80 bits per heavy atom. The molecular weight excluding hydrogens is 254 g/mol. The first-order valence-electron chi connectivity index (χ1n) is 5.17. The molecule has 0 aliphatic carbocycles. The molecule has 2 rings (SSSR count). The van der Waals surface area contributed by atoms with Crippen molar-refractivity contribution >= 4 is 21.7 Å². The summed E-state index contributed by atoms with van der Waals surface area (Å²) in [6.07, 6.45) is 1.79. The smallest absolute Gasteiger partial charge is 0.151 e. The van der Waals surface area contributed by atoms with Gasteiger partial charge in [0, 0.05) is 17.9 Å². The lowest BCUT2D eigenvalue weighted by Crippen LogP contribution is -2.24. The molecule has 0 aromatic carbocycles. The van der Waals surface area contributed by atoms with Crippen molar-refractivity contribution < 1.29 is 0 Å². The number of nitrogens with zero attached hydrogens (tertiary/aromatic N) is 3. The van der Waals surface area contributed by atoms with Crippen LogP contribution < -0.4 is 4.90 Å². The number of hydrogen-bond donors (Lipinski definition) is 0. The van der Waals surface area contributed by atoms with E-state index >= 15 is 0 Å². The maximum atomic E-state index is 4.18. The molecule has 0 bridgehead atoms. The second kappa shape index (κ2) is 3.74. The largest absolute Gasteiger partial charge is 0.353 e. The highest BCUT2D eigenvalue weighted by Gasteiger charge is 2.38. The standard InChI is InChI=1S/C11H16BrN3/c1-8-4-10(14-13-5-8)15-6-9(12)11(2,3)7-15/h4-5,9H,6-7H2,1-3H3. The lowest BCUT2D eigenvalue weighted by Gasteiger charge is -2.21. The van der Waals surface area contributed by atoms with E-state index in [1.54, 1.807) is 6.20 Å². The molecule has 2 heterocycles. The van der Waals surface area contributed by atoms with E-state index in [1.165, 1.54) is 0 Å². The molecule has 0 amide bonds. The van der Waals surface area contributed by atoms with E-state index in [-0.39, 0.29) is 0 Å². The first kappa shape index (κ1) is 10.9. The van der Waals surface area contributed by atoms with E-state index in [9.17, 15) is 0 Å². The third-order valence-electron chi connectivity index (χ3n) is 2.93. The zero-order valence-electron chi connectivity index (χ0n) is 9.37. The Morgan fingerprint density at radius 1 is 1.53 bits per heavy atom. The van der Waals surface area contributed by atoms with Gasteiger partial charge in [0.15, 0.2) is 5.82 Å². The molecule has 1 unspecified atom stereocenters. The van der Waals surface area contributed by atoms with Crippen LogP contribution in [0.1, 0.15) is 19.4 Å². The lowest BCUT2D eigenvalue weighted by atomic mass is 9.93. The van der Waals surface area contributed by atoms with Gasteiger partial charge in [-0.2, -0.15) is 5.10 Å². The minimum Gasteiger partial charge on any atom is -0.353 e. The predicted octanol–water partition coefficient (Wildman–Crippen LogP) is 2.39. The summed E-state index contributed by atoms with van der Waals surface area (Å²) < 4.78 is 0. The summed E-state index contributed by atoms with van der Waals surface area (Å²) in [5, 5.41) is 8.17. The molecule has 1 aliphatic rings. The van der Waals surface area contributed by atoms with Gasteiger partial charge in [-0.3, -0.25) is 0 Å². The molecule has 4 heteroatoms. The molecule has 0 saturated carbocycles. The summed E-state index contributed by atoms with van der Waals surface area (Å²) in [6, 6.07) is 2.09. The third kappa shape index (κ3) is 2.14. The molecule has 1 atom stereocenters. The van der Waals surface area contributed by atoms with Gasteiger partial charge >= 0.3 is 0 Å². The second-order valence-corrected chi connectivity index (χ2v) is 6.03. The molecule has 1 aromatic rings. The Balaban J connectivity index is 2.21. The van der Waals surface area contributed by atoms with Crippen molar-refractivity contribution in [3.8, 4) is 0 Å². The van der Waals surface area contributed by atoms with Crippen LogP contribution in [-0.4, -0.2) is 28.1 Å². The van der Waals surface area contributed by atoms with Gasteiger partial charge in [0.05, 0.1) is 6.20 Å². The number of rotatable bonds is 1. The van der Waals surface area contributed by atoms with Gasteiger partial charge in [0.2, 0.25) is 0 Å². The highest BCUT2D eigenvalue weighted by atomic mass is 79.9. The van der Waals surface area contributed by atoms with Crippen LogP contribution in [0.25, 0.3) is 0 Å².